The molecule has 1 aliphatic rings. The zero-order chi connectivity index (χ0) is 24.2. The molecule has 1 unspecified atom stereocenters. The van der Waals surface area contributed by atoms with Gasteiger partial charge in [-0.25, -0.2) is 0 Å². The Morgan fingerprint density at radius 2 is 1.61 bits per heavy atom. The molecule has 174 valence electrons. The van der Waals surface area contributed by atoms with Gasteiger partial charge in [0, 0.05) is 17.3 Å². The largest absolute Gasteiger partial charge is 0.456 e. The Kier molecular flexibility index (Phi) is 4.83. The van der Waals surface area contributed by atoms with E-state index in [-0.39, 0.29) is 0 Å². The van der Waals surface area contributed by atoms with Crippen LogP contribution in [0.15, 0.2) is 101 Å². The van der Waals surface area contributed by atoms with Crippen LogP contribution in [-0.4, -0.2) is 0 Å². The molecule has 2 nitrogen and oxygen atoms in total. The van der Waals surface area contributed by atoms with Crippen LogP contribution in [0.25, 0.3) is 61.0 Å². The first kappa shape index (κ1) is 21.2. The summed E-state index contributed by atoms with van der Waals surface area (Å²) in [5, 5.41) is 4.97. The van der Waals surface area contributed by atoms with Gasteiger partial charge in [0.25, 0.3) is 0 Å². The third kappa shape index (κ3) is 3.22. The lowest BCUT2D eigenvalue weighted by atomic mass is 9.80. The van der Waals surface area contributed by atoms with Gasteiger partial charge in [0.2, 0.25) is 0 Å². The molecule has 2 N–H and O–H groups in total. The fraction of sp³-hybridized carbons (Fsp3) is 0.118. The van der Waals surface area contributed by atoms with Crippen LogP contribution < -0.4 is 5.73 Å². The van der Waals surface area contributed by atoms with Gasteiger partial charge < -0.3 is 10.2 Å². The highest BCUT2D eigenvalue weighted by Gasteiger charge is 2.21. The van der Waals surface area contributed by atoms with Crippen LogP contribution in [0, 0.1) is 0 Å². The number of furan rings is 1. The SMILES string of the molecule is CC1CC=Cc2c(-c3ccc4oc5cccc(-c6ccc(CN)cc6)c5c4c3)cc3ccccc3c21. The molecule has 0 saturated heterocycles. The Morgan fingerprint density at radius 3 is 2.47 bits per heavy atom. The van der Waals surface area contributed by atoms with Gasteiger partial charge in [0.15, 0.2) is 0 Å². The molecule has 1 atom stereocenters. The topological polar surface area (TPSA) is 39.2 Å². The second kappa shape index (κ2) is 8.22. The maximum Gasteiger partial charge on any atom is 0.136 e. The van der Waals surface area contributed by atoms with E-state index in [4.69, 9.17) is 10.2 Å². The highest BCUT2D eigenvalue weighted by atomic mass is 16.3. The van der Waals surface area contributed by atoms with Crippen molar-refractivity contribution in [2.24, 2.45) is 5.73 Å². The van der Waals surface area contributed by atoms with Crippen LogP contribution in [-0.2, 0) is 6.54 Å². The maximum atomic E-state index is 6.32. The summed E-state index contributed by atoms with van der Waals surface area (Å²) in [4.78, 5) is 0. The Morgan fingerprint density at radius 1 is 0.778 bits per heavy atom. The average Bonchev–Trinajstić information content (AvgIpc) is 3.31. The molecule has 0 amide bonds. The third-order valence-electron chi connectivity index (χ3n) is 7.70. The number of fused-ring (bicyclic) bond motifs is 6. The van der Waals surface area contributed by atoms with Crippen LogP contribution in [0.2, 0.25) is 0 Å². The van der Waals surface area contributed by atoms with E-state index in [9.17, 15) is 0 Å². The van der Waals surface area contributed by atoms with Crippen molar-refractivity contribution in [2.75, 3.05) is 0 Å². The quantitative estimate of drug-likeness (QED) is 0.283. The van der Waals surface area contributed by atoms with E-state index in [0.29, 0.717) is 12.5 Å². The summed E-state index contributed by atoms with van der Waals surface area (Å²) in [5.41, 5.74) is 16.5. The number of benzene rings is 5. The normalized spacial score (nSPS) is 15.1. The molecular formula is C34H27NO. The zero-order valence-electron chi connectivity index (χ0n) is 20.3. The monoisotopic (exact) mass is 465 g/mol. The molecule has 0 aliphatic heterocycles. The lowest BCUT2D eigenvalue weighted by Crippen LogP contribution is -2.03. The van der Waals surface area contributed by atoms with Gasteiger partial charge in [-0.1, -0.05) is 85.8 Å². The summed E-state index contributed by atoms with van der Waals surface area (Å²) in [6.45, 7) is 2.89. The molecule has 36 heavy (non-hydrogen) atoms. The summed E-state index contributed by atoms with van der Waals surface area (Å²) in [5.74, 6) is 0.497. The molecule has 0 radical (unpaired) electrons. The lowest BCUT2D eigenvalue weighted by Gasteiger charge is -2.23. The van der Waals surface area contributed by atoms with Crippen molar-refractivity contribution >= 4 is 38.8 Å². The van der Waals surface area contributed by atoms with Crippen molar-refractivity contribution in [3.05, 3.63) is 114 Å². The van der Waals surface area contributed by atoms with Crippen molar-refractivity contribution in [3.63, 3.8) is 0 Å². The van der Waals surface area contributed by atoms with Crippen molar-refractivity contribution in [1.82, 2.24) is 0 Å². The van der Waals surface area contributed by atoms with Gasteiger partial charge in [-0.3, -0.25) is 0 Å². The second-order valence-electron chi connectivity index (χ2n) is 9.90. The molecule has 2 heteroatoms. The molecular weight excluding hydrogens is 438 g/mol. The smallest absolute Gasteiger partial charge is 0.136 e. The molecule has 1 aliphatic carbocycles. The summed E-state index contributed by atoms with van der Waals surface area (Å²) in [6.07, 6.45) is 5.72. The molecule has 1 heterocycles. The highest BCUT2D eigenvalue weighted by Crippen LogP contribution is 2.43. The Hall–Kier alpha value is -4.14. The van der Waals surface area contributed by atoms with E-state index >= 15 is 0 Å². The van der Waals surface area contributed by atoms with Crippen LogP contribution in [0.5, 0.6) is 0 Å². The summed E-state index contributed by atoms with van der Waals surface area (Å²) in [6, 6.07) is 32.6. The van der Waals surface area contributed by atoms with Gasteiger partial charge in [-0.05, 0) is 86.3 Å². The van der Waals surface area contributed by atoms with Gasteiger partial charge in [-0.2, -0.15) is 0 Å². The number of allylic oxidation sites excluding steroid dienone is 1. The fourth-order valence-electron chi connectivity index (χ4n) is 5.90. The van der Waals surface area contributed by atoms with E-state index < -0.39 is 0 Å². The average molecular weight is 466 g/mol. The van der Waals surface area contributed by atoms with Gasteiger partial charge >= 0.3 is 0 Å². The predicted molar refractivity (Wildman–Crippen MR) is 152 cm³/mol. The summed E-state index contributed by atoms with van der Waals surface area (Å²) >= 11 is 0. The lowest BCUT2D eigenvalue weighted by molar-refractivity contribution is 0.669. The van der Waals surface area contributed by atoms with Crippen LogP contribution in [0.4, 0.5) is 0 Å². The van der Waals surface area contributed by atoms with Crippen molar-refractivity contribution in [1.29, 1.82) is 0 Å². The van der Waals surface area contributed by atoms with Crippen LogP contribution >= 0.6 is 0 Å². The highest BCUT2D eigenvalue weighted by molar-refractivity contribution is 6.13. The molecule has 0 bridgehead atoms. The van der Waals surface area contributed by atoms with Gasteiger partial charge in [-0.15, -0.1) is 0 Å². The Bertz CT molecular complexity index is 1800. The first-order valence-corrected chi connectivity index (χ1v) is 12.7. The third-order valence-corrected chi connectivity index (χ3v) is 7.70. The summed E-state index contributed by atoms with van der Waals surface area (Å²) in [7, 11) is 0. The standard InChI is InChI=1S/C34H27NO/c1-21-6-4-10-28-29(18-24-7-2-3-8-27(24)33(21)28)25-16-17-31-30(19-25)34-26(9-5-11-32(34)36-31)23-14-12-22(20-35)13-15-23/h2-5,7-19,21H,6,20,35H2,1H3. The van der Waals surface area contributed by atoms with Crippen molar-refractivity contribution in [3.8, 4) is 22.3 Å². The molecule has 6 aromatic rings. The zero-order valence-corrected chi connectivity index (χ0v) is 20.3. The first-order chi connectivity index (χ1) is 17.7. The molecule has 0 fully saturated rings. The minimum atomic E-state index is 0.497. The molecule has 1 aromatic heterocycles. The van der Waals surface area contributed by atoms with Gasteiger partial charge in [0.05, 0.1) is 0 Å². The van der Waals surface area contributed by atoms with E-state index in [1.807, 2.05) is 0 Å². The van der Waals surface area contributed by atoms with Crippen molar-refractivity contribution in [2.45, 2.75) is 25.8 Å². The Labute approximate surface area is 210 Å². The molecule has 7 rings (SSSR count). The van der Waals surface area contributed by atoms with Crippen molar-refractivity contribution < 1.29 is 4.42 Å². The van der Waals surface area contributed by atoms with Crippen LogP contribution in [0.3, 0.4) is 0 Å². The van der Waals surface area contributed by atoms with E-state index in [2.05, 4.69) is 110 Å². The van der Waals surface area contributed by atoms with E-state index in [1.54, 1.807) is 0 Å². The molecule has 0 spiro atoms. The number of rotatable bonds is 3. The summed E-state index contributed by atoms with van der Waals surface area (Å²) < 4.78 is 6.32. The second-order valence-corrected chi connectivity index (χ2v) is 9.90. The maximum absolute atomic E-state index is 6.32. The van der Waals surface area contributed by atoms with Crippen LogP contribution in [0.1, 0.15) is 36.0 Å². The number of hydrogen-bond acceptors (Lipinski definition) is 2. The predicted octanol–water partition coefficient (Wildman–Crippen LogP) is 9.05. The van der Waals surface area contributed by atoms with Gasteiger partial charge in [0.1, 0.15) is 11.2 Å². The minimum Gasteiger partial charge on any atom is -0.456 e. The number of nitrogens with two attached hydrogens (primary N) is 1. The van der Waals surface area contributed by atoms with E-state index in [0.717, 1.165) is 33.9 Å². The van der Waals surface area contributed by atoms with E-state index in [1.165, 1.54) is 44.2 Å². The number of hydrogen-bond donors (Lipinski definition) is 1. The molecule has 0 saturated carbocycles. The Balaban J connectivity index is 1.49. The first-order valence-electron chi connectivity index (χ1n) is 12.7. The molecule has 5 aromatic carbocycles. The fourth-order valence-corrected chi connectivity index (χ4v) is 5.90. The minimum absolute atomic E-state index is 0.497.